The minimum Gasteiger partial charge on any atom is -0.490 e. The maximum atomic E-state index is 5.91. The van der Waals surface area contributed by atoms with Crippen molar-refractivity contribution in [2.75, 3.05) is 7.05 Å². The lowest BCUT2D eigenvalue weighted by Gasteiger charge is -2.31. The first-order valence-corrected chi connectivity index (χ1v) is 7.30. The first kappa shape index (κ1) is 12.0. The summed E-state index contributed by atoms with van der Waals surface area (Å²) in [5.74, 6) is 1.72. The van der Waals surface area contributed by atoms with Gasteiger partial charge in [-0.15, -0.1) is 0 Å². The number of hydrogen-bond donors (Lipinski definition) is 1. The molecule has 0 aliphatic heterocycles. The largest absolute Gasteiger partial charge is 0.490 e. The summed E-state index contributed by atoms with van der Waals surface area (Å²) in [5.41, 5.74) is 1.45. The summed E-state index contributed by atoms with van der Waals surface area (Å²) in [6, 6.07) is 9.40. The van der Waals surface area contributed by atoms with Gasteiger partial charge >= 0.3 is 0 Å². The molecule has 2 unspecified atom stereocenters. The van der Waals surface area contributed by atoms with E-state index in [0.717, 1.165) is 5.75 Å². The van der Waals surface area contributed by atoms with E-state index in [-0.39, 0.29) is 0 Å². The lowest BCUT2D eigenvalue weighted by molar-refractivity contribution is 0.301. The topological polar surface area (TPSA) is 21.3 Å². The molecular formula is C16H23NO. The molecule has 2 heteroatoms. The number of benzene rings is 1. The van der Waals surface area contributed by atoms with Crippen LogP contribution in [0.4, 0.5) is 0 Å². The van der Waals surface area contributed by atoms with E-state index < -0.39 is 0 Å². The average molecular weight is 245 g/mol. The van der Waals surface area contributed by atoms with E-state index in [4.69, 9.17) is 4.74 Å². The van der Waals surface area contributed by atoms with Crippen molar-refractivity contribution >= 4 is 0 Å². The average Bonchev–Trinajstić information content (AvgIpc) is 3.23. The summed E-state index contributed by atoms with van der Waals surface area (Å²) in [7, 11) is 2.09. The molecule has 0 bridgehead atoms. The maximum Gasteiger partial charge on any atom is 0.120 e. The van der Waals surface area contributed by atoms with E-state index >= 15 is 0 Å². The van der Waals surface area contributed by atoms with Gasteiger partial charge in [-0.2, -0.15) is 0 Å². The Kier molecular flexibility index (Phi) is 3.55. The Morgan fingerprint density at radius 3 is 2.72 bits per heavy atom. The number of hydrogen-bond acceptors (Lipinski definition) is 2. The zero-order chi connectivity index (χ0) is 12.4. The van der Waals surface area contributed by atoms with Crippen LogP contribution in [-0.2, 0) is 0 Å². The fraction of sp³-hybridized carbons (Fsp3) is 0.625. The zero-order valence-corrected chi connectivity index (χ0v) is 11.2. The van der Waals surface area contributed by atoms with Crippen LogP contribution in [0.1, 0.15) is 50.0 Å². The fourth-order valence-electron chi connectivity index (χ4n) is 3.07. The molecule has 2 aliphatic rings. The Bertz CT molecular complexity index is 400. The third kappa shape index (κ3) is 2.69. The van der Waals surface area contributed by atoms with Crippen LogP contribution in [-0.4, -0.2) is 19.2 Å². The van der Waals surface area contributed by atoms with Gasteiger partial charge in [0.25, 0.3) is 0 Å². The third-order valence-corrected chi connectivity index (χ3v) is 4.25. The monoisotopic (exact) mass is 245 g/mol. The van der Waals surface area contributed by atoms with E-state index in [1.165, 1.54) is 44.1 Å². The summed E-state index contributed by atoms with van der Waals surface area (Å²) >= 11 is 0. The van der Waals surface area contributed by atoms with Crippen LogP contribution in [0.25, 0.3) is 0 Å². The molecule has 2 atom stereocenters. The predicted molar refractivity (Wildman–Crippen MR) is 74.1 cm³/mol. The van der Waals surface area contributed by atoms with Crippen LogP contribution in [0.3, 0.4) is 0 Å². The zero-order valence-electron chi connectivity index (χ0n) is 11.2. The molecule has 2 saturated carbocycles. The Morgan fingerprint density at radius 1 is 1.11 bits per heavy atom. The lowest BCUT2D eigenvalue weighted by Crippen LogP contribution is -2.34. The molecule has 0 spiro atoms. The van der Waals surface area contributed by atoms with Gasteiger partial charge in [-0.3, -0.25) is 0 Å². The maximum absolute atomic E-state index is 5.91. The summed E-state index contributed by atoms with van der Waals surface area (Å²) in [6.07, 6.45) is 8.27. The highest BCUT2D eigenvalue weighted by Gasteiger charge is 2.26. The van der Waals surface area contributed by atoms with Crippen molar-refractivity contribution in [1.82, 2.24) is 5.32 Å². The van der Waals surface area contributed by atoms with E-state index in [1.807, 2.05) is 0 Å². The molecule has 0 radical (unpaired) electrons. The van der Waals surface area contributed by atoms with Crippen LogP contribution >= 0.6 is 0 Å². The highest BCUT2D eigenvalue weighted by Crippen LogP contribution is 2.35. The lowest BCUT2D eigenvalue weighted by atomic mass is 9.80. The Balaban J connectivity index is 1.76. The van der Waals surface area contributed by atoms with Crippen LogP contribution in [0.15, 0.2) is 24.3 Å². The number of likely N-dealkylation sites (N-methyl/N-ethyl adjacent to an activating group) is 1. The van der Waals surface area contributed by atoms with Crippen molar-refractivity contribution < 1.29 is 4.74 Å². The van der Waals surface area contributed by atoms with Gasteiger partial charge in [-0.25, -0.2) is 0 Å². The van der Waals surface area contributed by atoms with Gasteiger partial charge in [-0.05, 0) is 56.3 Å². The molecule has 1 aromatic rings. The van der Waals surface area contributed by atoms with Crippen LogP contribution in [0, 0.1) is 0 Å². The van der Waals surface area contributed by atoms with Crippen LogP contribution in [0.5, 0.6) is 5.75 Å². The molecule has 3 rings (SSSR count). The second-order valence-electron chi connectivity index (χ2n) is 5.68. The quantitative estimate of drug-likeness (QED) is 0.877. The third-order valence-electron chi connectivity index (χ3n) is 4.25. The van der Waals surface area contributed by atoms with E-state index in [1.54, 1.807) is 0 Å². The Labute approximate surface area is 110 Å². The smallest absolute Gasteiger partial charge is 0.120 e. The molecule has 2 fully saturated rings. The van der Waals surface area contributed by atoms with Crippen molar-refractivity contribution in [2.24, 2.45) is 0 Å². The van der Waals surface area contributed by atoms with Crippen LogP contribution < -0.4 is 10.1 Å². The van der Waals surface area contributed by atoms with Crippen molar-refractivity contribution in [3.8, 4) is 5.75 Å². The van der Waals surface area contributed by atoms with Gasteiger partial charge in [0.2, 0.25) is 0 Å². The molecule has 0 saturated heterocycles. The van der Waals surface area contributed by atoms with Crippen molar-refractivity contribution in [3.63, 3.8) is 0 Å². The summed E-state index contributed by atoms with van der Waals surface area (Å²) < 4.78 is 5.91. The van der Waals surface area contributed by atoms with Gasteiger partial charge in [0.15, 0.2) is 0 Å². The van der Waals surface area contributed by atoms with E-state index in [9.17, 15) is 0 Å². The molecule has 98 valence electrons. The molecular weight excluding hydrogens is 222 g/mol. The standard InChI is InChI=1S/C16H23NO/c1-17-16-8-3-2-7-15(16)12-5-4-6-14(11-12)18-13-9-10-13/h4-6,11,13,15-17H,2-3,7-10H2,1H3. The van der Waals surface area contributed by atoms with Gasteiger partial charge in [-0.1, -0.05) is 25.0 Å². The molecule has 1 aromatic carbocycles. The normalized spacial score (nSPS) is 28.1. The molecule has 18 heavy (non-hydrogen) atoms. The first-order valence-electron chi connectivity index (χ1n) is 7.30. The molecule has 2 nitrogen and oxygen atoms in total. The number of ether oxygens (including phenoxy) is 1. The second kappa shape index (κ2) is 5.31. The molecule has 0 aromatic heterocycles. The number of rotatable bonds is 4. The number of nitrogens with one attached hydrogen (secondary N) is 1. The minimum atomic E-state index is 0.492. The molecule has 0 heterocycles. The van der Waals surface area contributed by atoms with Gasteiger partial charge < -0.3 is 10.1 Å². The molecule has 0 amide bonds. The van der Waals surface area contributed by atoms with Crippen LogP contribution in [0.2, 0.25) is 0 Å². The Morgan fingerprint density at radius 2 is 1.94 bits per heavy atom. The van der Waals surface area contributed by atoms with E-state index in [0.29, 0.717) is 18.1 Å². The summed E-state index contributed by atoms with van der Waals surface area (Å²) in [6.45, 7) is 0. The molecule has 2 aliphatic carbocycles. The van der Waals surface area contributed by atoms with Gasteiger partial charge in [0, 0.05) is 6.04 Å². The summed E-state index contributed by atoms with van der Waals surface area (Å²) in [5, 5.41) is 3.48. The van der Waals surface area contributed by atoms with Gasteiger partial charge in [0.05, 0.1) is 6.10 Å². The summed E-state index contributed by atoms with van der Waals surface area (Å²) in [4.78, 5) is 0. The first-order chi connectivity index (χ1) is 8.86. The van der Waals surface area contributed by atoms with Gasteiger partial charge in [0.1, 0.15) is 5.75 Å². The molecule has 1 N–H and O–H groups in total. The van der Waals surface area contributed by atoms with E-state index in [2.05, 4.69) is 36.6 Å². The minimum absolute atomic E-state index is 0.492. The predicted octanol–water partition coefficient (Wildman–Crippen LogP) is 3.47. The van der Waals surface area contributed by atoms with Crippen molar-refractivity contribution in [2.45, 2.75) is 56.6 Å². The van der Waals surface area contributed by atoms with Crippen molar-refractivity contribution in [1.29, 1.82) is 0 Å². The fourth-order valence-corrected chi connectivity index (χ4v) is 3.07. The SMILES string of the molecule is CNC1CCCCC1c1cccc(OC2CC2)c1. The highest BCUT2D eigenvalue weighted by molar-refractivity contribution is 5.32. The second-order valence-corrected chi connectivity index (χ2v) is 5.68. The highest BCUT2D eigenvalue weighted by atomic mass is 16.5. The van der Waals surface area contributed by atoms with Crippen molar-refractivity contribution in [3.05, 3.63) is 29.8 Å². The Hall–Kier alpha value is -1.02.